The predicted molar refractivity (Wildman–Crippen MR) is 98.5 cm³/mol. The van der Waals surface area contributed by atoms with Gasteiger partial charge >= 0.3 is 0 Å². The van der Waals surface area contributed by atoms with Crippen molar-refractivity contribution in [3.8, 4) is 11.1 Å². The third-order valence-electron chi connectivity index (χ3n) is 4.30. The topological polar surface area (TPSA) is 48.5 Å². The Bertz CT molecular complexity index is 844. The van der Waals surface area contributed by atoms with Crippen LogP contribution in [0.4, 0.5) is 24.7 Å². The van der Waals surface area contributed by atoms with Crippen molar-refractivity contribution in [2.75, 3.05) is 43.9 Å². The molecule has 0 bridgehead atoms. The van der Waals surface area contributed by atoms with Crippen molar-refractivity contribution >= 4 is 17.4 Å². The number of benzene rings is 1. The van der Waals surface area contributed by atoms with Gasteiger partial charge in [-0.25, -0.2) is 18.2 Å². The number of anilines is 2. The Hall–Kier alpha value is -2.61. The SMILES string of the molecule is CN(C)CC(=O)Nc1c(-c2cc(F)ccc2F)ccnc1N1CCC(F)C1. The summed E-state index contributed by atoms with van der Waals surface area (Å²) in [6.45, 7) is 0.670. The van der Waals surface area contributed by atoms with Gasteiger partial charge in [-0.2, -0.15) is 0 Å². The van der Waals surface area contributed by atoms with Crippen LogP contribution in [0.5, 0.6) is 0 Å². The van der Waals surface area contributed by atoms with Gasteiger partial charge in [0.1, 0.15) is 17.8 Å². The second kappa shape index (κ2) is 7.96. The Morgan fingerprint density at radius 1 is 1.30 bits per heavy atom. The van der Waals surface area contributed by atoms with E-state index in [1.54, 1.807) is 23.9 Å². The normalized spacial score (nSPS) is 16.8. The van der Waals surface area contributed by atoms with Gasteiger partial charge in [0.2, 0.25) is 5.91 Å². The fourth-order valence-corrected chi connectivity index (χ4v) is 3.12. The molecule has 0 saturated carbocycles. The average molecular weight is 378 g/mol. The van der Waals surface area contributed by atoms with Crippen LogP contribution in [0, 0.1) is 11.6 Å². The number of alkyl halides is 1. The Morgan fingerprint density at radius 3 is 2.74 bits per heavy atom. The van der Waals surface area contributed by atoms with Crippen LogP contribution in [0.15, 0.2) is 30.5 Å². The van der Waals surface area contributed by atoms with Crippen molar-refractivity contribution in [1.29, 1.82) is 0 Å². The molecule has 1 atom stereocenters. The zero-order valence-electron chi connectivity index (χ0n) is 15.2. The first kappa shape index (κ1) is 19.2. The quantitative estimate of drug-likeness (QED) is 0.869. The molecular formula is C19H21F3N4O. The summed E-state index contributed by atoms with van der Waals surface area (Å²) >= 11 is 0. The number of carbonyl (C=O) groups is 1. The highest BCUT2D eigenvalue weighted by Gasteiger charge is 2.27. The molecule has 0 spiro atoms. The summed E-state index contributed by atoms with van der Waals surface area (Å²) < 4.78 is 41.8. The molecule has 2 heterocycles. The third-order valence-corrected chi connectivity index (χ3v) is 4.30. The molecule has 1 aromatic carbocycles. The van der Waals surface area contributed by atoms with Crippen molar-refractivity contribution in [3.63, 3.8) is 0 Å². The first-order valence-corrected chi connectivity index (χ1v) is 8.63. The highest BCUT2D eigenvalue weighted by Crippen LogP contribution is 2.37. The fourth-order valence-electron chi connectivity index (χ4n) is 3.12. The van der Waals surface area contributed by atoms with Crippen LogP contribution < -0.4 is 10.2 Å². The molecule has 8 heteroatoms. The second-order valence-corrected chi connectivity index (χ2v) is 6.80. The molecule has 1 unspecified atom stereocenters. The monoisotopic (exact) mass is 378 g/mol. The Labute approximate surface area is 155 Å². The lowest BCUT2D eigenvalue weighted by Gasteiger charge is -2.23. The van der Waals surface area contributed by atoms with Crippen LogP contribution in [-0.2, 0) is 4.79 Å². The van der Waals surface area contributed by atoms with Crippen molar-refractivity contribution in [3.05, 3.63) is 42.1 Å². The zero-order valence-corrected chi connectivity index (χ0v) is 15.2. The summed E-state index contributed by atoms with van der Waals surface area (Å²) in [7, 11) is 3.48. The fraction of sp³-hybridized carbons (Fsp3) is 0.368. The molecule has 1 aliphatic heterocycles. The van der Waals surface area contributed by atoms with Crippen LogP contribution in [0.2, 0.25) is 0 Å². The molecule has 27 heavy (non-hydrogen) atoms. The number of hydrogen-bond donors (Lipinski definition) is 1. The van der Waals surface area contributed by atoms with E-state index in [9.17, 15) is 18.0 Å². The van der Waals surface area contributed by atoms with E-state index in [1.165, 1.54) is 12.3 Å². The van der Waals surface area contributed by atoms with Gasteiger partial charge in [-0.1, -0.05) is 0 Å². The minimum absolute atomic E-state index is 0.00907. The highest BCUT2D eigenvalue weighted by atomic mass is 19.1. The van der Waals surface area contributed by atoms with E-state index in [4.69, 9.17) is 0 Å². The number of carbonyl (C=O) groups excluding carboxylic acids is 1. The van der Waals surface area contributed by atoms with Gasteiger partial charge in [-0.15, -0.1) is 0 Å². The van der Waals surface area contributed by atoms with Crippen molar-refractivity contribution < 1.29 is 18.0 Å². The smallest absolute Gasteiger partial charge is 0.238 e. The first-order valence-electron chi connectivity index (χ1n) is 8.63. The van der Waals surface area contributed by atoms with E-state index in [-0.39, 0.29) is 30.2 Å². The minimum atomic E-state index is -0.994. The van der Waals surface area contributed by atoms with Crippen LogP contribution in [-0.4, -0.2) is 55.7 Å². The lowest BCUT2D eigenvalue weighted by molar-refractivity contribution is -0.116. The van der Waals surface area contributed by atoms with Gasteiger partial charge in [0.15, 0.2) is 5.82 Å². The van der Waals surface area contributed by atoms with E-state index in [2.05, 4.69) is 10.3 Å². The molecule has 144 valence electrons. The molecule has 5 nitrogen and oxygen atoms in total. The summed E-state index contributed by atoms with van der Waals surface area (Å²) in [5, 5.41) is 2.75. The molecule has 1 amide bonds. The van der Waals surface area contributed by atoms with Crippen LogP contribution in [0.3, 0.4) is 0 Å². The molecule has 1 aromatic heterocycles. The van der Waals surface area contributed by atoms with E-state index in [0.717, 1.165) is 18.2 Å². The lowest BCUT2D eigenvalue weighted by Crippen LogP contribution is -2.29. The van der Waals surface area contributed by atoms with Gasteiger partial charge in [0.25, 0.3) is 0 Å². The Balaban J connectivity index is 2.09. The molecule has 2 aromatic rings. The maximum atomic E-state index is 14.4. The second-order valence-electron chi connectivity index (χ2n) is 6.80. The number of halogens is 3. The molecule has 1 saturated heterocycles. The summed E-state index contributed by atoms with van der Waals surface area (Å²) in [4.78, 5) is 20.0. The molecule has 1 fully saturated rings. The number of pyridine rings is 1. The van der Waals surface area contributed by atoms with Gasteiger partial charge in [-0.05, 0) is 44.8 Å². The summed E-state index contributed by atoms with van der Waals surface area (Å²) in [5.74, 6) is -1.20. The number of nitrogens with one attached hydrogen (secondary N) is 1. The summed E-state index contributed by atoms with van der Waals surface area (Å²) in [5.41, 5.74) is 0.559. The van der Waals surface area contributed by atoms with Crippen LogP contribution in [0.1, 0.15) is 6.42 Å². The van der Waals surface area contributed by atoms with E-state index in [1.807, 2.05) is 0 Å². The third kappa shape index (κ3) is 4.39. The highest BCUT2D eigenvalue weighted by molar-refractivity contribution is 6.00. The first-order chi connectivity index (χ1) is 12.8. The number of aromatic nitrogens is 1. The zero-order chi connectivity index (χ0) is 19.6. The minimum Gasteiger partial charge on any atom is -0.352 e. The standard InChI is InChI=1S/C19H21F3N4O/c1-25(2)11-17(27)24-18-14(15-9-12(20)3-4-16(15)22)5-7-23-19(18)26-8-6-13(21)10-26/h3-5,7,9,13H,6,8,10-11H2,1-2H3,(H,24,27). The summed E-state index contributed by atoms with van der Waals surface area (Å²) in [6, 6.07) is 4.64. The number of hydrogen-bond acceptors (Lipinski definition) is 4. The Kier molecular flexibility index (Phi) is 5.65. The summed E-state index contributed by atoms with van der Waals surface area (Å²) in [6.07, 6.45) is 0.805. The number of nitrogens with zero attached hydrogens (tertiary/aromatic N) is 3. The largest absolute Gasteiger partial charge is 0.352 e. The number of amides is 1. The molecular weight excluding hydrogens is 357 g/mol. The van der Waals surface area contributed by atoms with Gasteiger partial charge in [-0.3, -0.25) is 4.79 Å². The number of rotatable bonds is 5. The molecule has 0 radical (unpaired) electrons. The van der Waals surface area contributed by atoms with Crippen LogP contribution >= 0.6 is 0 Å². The maximum absolute atomic E-state index is 14.4. The van der Waals surface area contributed by atoms with Crippen molar-refractivity contribution in [2.24, 2.45) is 0 Å². The van der Waals surface area contributed by atoms with E-state index < -0.39 is 17.8 Å². The molecule has 0 aliphatic carbocycles. The predicted octanol–water partition coefficient (Wildman–Crippen LogP) is 3.08. The van der Waals surface area contributed by atoms with E-state index in [0.29, 0.717) is 24.3 Å². The lowest BCUT2D eigenvalue weighted by atomic mass is 10.0. The maximum Gasteiger partial charge on any atom is 0.238 e. The van der Waals surface area contributed by atoms with E-state index >= 15 is 0 Å². The molecule has 1 N–H and O–H groups in total. The van der Waals surface area contributed by atoms with Gasteiger partial charge in [0, 0.05) is 23.9 Å². The van der Waals surface area contributed by atoms with Crippen LogP contribution in [0.25, 0.3) is 11.1 Å². The van der Waals surface area contributed by atoms with Gasteiger partial charge in [0.05, 0.1) is 18.8 Å². The average Bonchev–Trinajstić information content (AvgIpc) is 3.03. The van der Waals surface area contributed by atoms with Crippen molar-refractivity contribution in [1.82, 2.24) is 9.88 Å². The molecule has 1 aliphatic rings. The Morgan fingerprint density at radius 2 is 2.07 bits per heavy atom. The molecule has 3 rings (SSSR count). The number of likely N-dealkylation sites (N-methyl/N-ethyl adjacent to an activating group) is 1. The van der Waals surface area contributed by atoms with Crippen molar-refractivity contribution in [2.45, 2.75) is 12.6 Å². The van der Waals surface area contributed by atoms with Gasteiger partial charge < -0.3 is 15.1 Å².